The van der Waals surface area contributed by atoms with Gasteiger partial charge in [0.05, 0.1) is 34.2 Å². The highest BCUT2D eigenvalue weighted by Gasteiger charge is 2.15. The first kappa shape index (κ1) is 33.7. The first-order valence-electron chi connectivity index (χ1n) is 16.6. The molecule has 0 bridgehead atoms. The zero-order valence-electron chi connectivity index (χ0n) is 30.6. The van der Waals surface area contributed by atoms with Gasteiger partial charge in [-0.05, 0) is 199 Å². The van der Waals surface area contributed by atoms with Crippen LogP contribution in [0, 0.1) is 76.2 Å². The molecule has 0 radical (unpaired) electrons. The molecular weight excluding hydrogens is 571 g/mol. The molecule has 5 aromatic rings. The van der Waals surface area contributed by atoms with Crippen LogP contribution in [-0.4, -0.2) is 16.4 Å². The molecule has 0 aliphatic rings. The molecule has 0 amide bonds. The van der Waals surface area contributed by atoms with Crippen molar-refractivity contribution in [1.82, 2.24) is 4.98 Å². The maximum absolute atomic E-state index is 5.15. The minimum absolute atomic E-state index is 0.872. The summed E-state index contributed by atoms with van der Waals surface area (Å²) in [5.41, 5.74) is 24.3. The lowest BCUT2D eigenvalue weighted by atomic mass is 9.91. The fraction of sp³-hybridized carbons (Fsp3) is 0.295. The van der Waals surface area contributed by atoms with Crippen molar-refractivity contribution in [3.63, 3.8) is 0 Å². The fourth-order valence-electron chi connectivity index (χ4n) is 7.31. The normalized spacial score (nSPS) is 12.2. The van der Waals surface area contributed by atoms with Gasteiger partial charge < -0.3 is 0 Å². The van der Waals surface area contributed by atoms with Gasteiger partial charge in [0.25, 0.3) is 0 Å². The lowest BCUT2D eigenvalue weighted by Gasteiger charge is -2.16. The van der Waals surface area contributed by atoms with Crippen molar-refractivity contribution in [3.8, 4) is 22.3 Å². The number of hydrogen-bond acceptors (Lipinski definition) is 3. The van der Waals surface area contributed by atoms with Gasteiger partial charge in [-0.25, -0.2) is 4.98 Å². The number of aliphatic imine (C=N–C) groups is 2. The second kappa shape index (κ2) is 13.2. The number of hydrogen-bond donors (Lipinski definition) is 0. The van der Waals surface area contributed by atoms with Crippen LogP contribution in [-0.2, 0) is 0 Å². The lowest BCUT2D eigenvalue weighted by molar-refractivity contribution is 1.20. The molecular formula is C44H49N3. The van der Waals surface area contributed by atoms with E-state index in [1.165, 1.54) is 55.6 Å². The van der Waals surface area contributed by atoms with Gasteiger partial charge in [0.1, 0.15) is 0 Å². The van der Waals surface area contributed by atoms with Crippen molar-refractivity contribution in [1.29, 1.82) is 0 Å². The maximum atomic E-state index is 5.15. The third-order valence-corrected chi connectivity index (χ3v) is 9.18. The first-order valence-corrected chi connectivity index (χ1v) is 16.6. The Morgan fingerprint density at radius 3 is 0.957 bits per heavy atom. The third-order valence-electron chi connectivity index (χ3n) is 9.18. The van der Waals surface area contributed by atoms with Gasteiger partial charge in [-0.15, -0.1) is 0 Å². The average molecular weight is 620 g/mol. The molecule has 0 aliphatic heterocycles. The van der Waals surface area contributed by atoms with Gasteiger partial charge >= 0.3 is 0 Å². The number of aryl methyl sites for hydroxylation is 11. The Kier molecular flexibility index (Phi) is 9.50. The van der Waals surface area contributed by atoms with Crippen LogP contribution in [0.25, 0.3) is 22.3 Å². The Bertz CT molecular complexity index is 1870. The van der Waals surface area contributed by atoms with E-state index in [1.54, 1.807) is 0 Å². The number of rotatable bonds is 6. The molecule has 3 heteroatoms. The van der Waals surface area contributed by atoms with Crippen molar-refractivity contribution in [2.24, 2.45) is 9.98 Å². The topological polar surface area (TPSA) is 37.6 Å². The summed E-state index contributed by atoms with van der Waals surface area (Å²) in [5.74, 6) is 0. The van der Waals surface area contributed by atoms with E-state index in [-0.39, 0.29) is 0 Å². The summed E-state index contributed by atoms with van der Waals surface area (Å²) in [7, 11) is 0. The molecule has 0 unspecified atom stereocenters. The van der Waals surface area contributed by atoms with E-state index in [0.29, 0.717) is 0 Å². The van der Waals surface area contributed by atoms with Crippen LogP contribution in [0.3, 0.4) is 0 Å². The van der Waals surface area contributed by atoms with E-state index in [2.05, 4.69) is 151 Å². The average Bonchev–Trinajstić information content (AvgIpc) is 2.95. The quantitative estimate of drug-likeness (QED) is 0.174. The minimum Gasteiger partial charge on any atom is -0.251 e. The van der Waals surface area contributed by atoms with Gasteiger partial charge in [0.15, 0.2) is 0 Å². The molecule has 0 N–H and O–H groups in total. The summed E-state index contributed by atoms with van der Waals surface area (Å²) in [6, 6.07) is 22.4. The molecule has 0 saturated carbocycles. The highest BCUT2D eigenvalue weighted by molar-refractivity contribution is 6.03. The highest BCUT2D eigenvalue weighted by Crippen LogP contribution is 2.36. The summed E-state index contributed by atoms with van der Waals surface area (Å²) in [6.45, 7) is 28.0. The van der Waals surface area contributed by atoms with Crippen LogP contribution >= 0.6 is 0 Å². The Morgan fingerprint density at radius 2 is 0.660 bits per heavy atom. The summed E-state index contributed by atoms with van der Waals surface area (Å²) in [5, 5.41) is 0. The molecule has 4 aromatic carbocycles. The molecule has 0 fully saturated rings. The van der Waals surface area contributed by atoms with E-state index < -0.39 is 0 Å². The van der Waals surface area contributed by atoms with E-state index >= 15 is 0 Å². The Labute approximate surface area is 282 Å². The maximum Gasteiger partial charge on any atom is 0.0852 e. The SMILES string of the molecule is CC(=Nc1c(C)cc(-c2c(C)cc(C)cc2C)cc1C)c1cc(C)cc(C(C)=Nc2c(C)cc(-c3c(C)cc(C)cc3C)cc2C)n1. The number of aromatic nitrogens is 1. The molecule has 0 atom stereocenters. The van der Waals surface area contributed by atoms with Crippen LogP contribution in [0.1, 0.15) is 86.4 Å². The standard InChI is InChI=1S/C44H49N3/c1-24-14-27(4)41(28(5)15-24)37-20-31(8)43(32(9)21-37)45-35(12)39-18-26(3)19-40(47-39)36(13)46-44-33(10)22-38(23-34(44)11)42-29(6)16-25(2)17-30(42)7/h14-23H,1-13H3. The number of nitrogens with zero attached hydrogens (tertiary/aromatic N) is 3. The van der Waals surface area contributed by atoms with Crippen molar-refractivity contribution in [2.75, 3.05) is 0 Å². The second-order valence-corrected chi connectivity index (χ2v) is 13.8. The fourth-order valence-corrected chi connectivity index (χ4v) is 7.31. The molecule has 1 aromatic heterocycles. The van der Waals surface area contributed by atoms with Crippen molar-refractivity contribution in [3.05, 3.63) is 133 Å². The third kappa shape index (κ3) is 7.05. The van der Waals surface area contributed by atoms with Crippen LogP contribution < -0.4 is 0 Å². The van der Waals surface area contributed by atoms with Crippen LogP contribution in [0.5, 0.6) is 0 Å². The largest absolute Gasteiger partial charge is 0.251 e. The molecule has 1 heterocycles. The zero-order valence-corrected chi connectivity index (χ0v) is 30.6. The Balaban J connectivity index is 1.49. The molecule has 5 rings (SSSR count). The predicted molar refractivity (Wildman–Crippen MR) is 204 cm³/mol. The monoisotopic (exact) mass is 619 g/mol. The van der Waals surface area contributed by atoms with Crippen molar-refractivity contribution < 1.29 is 0 Å². The van der Waals surface area contributed by atoms with Gasteiger partial charge in [-0.1, -0.05) is 35.4 Å². The summed E-state index contributed by atoms with van der Waals surface area (Å²) >= 11 is 0. The first-order chi connectivity index (χ1) is 22.1. The Morgan fingerprint density at radius 1 is 0.383 bits per heavy atom. The zero-order chi connectivity index (χ0) is 34.3. The minimum atomic E-state index is 0.872. The molecule has 0 saturated heterocycles. The summed E-state index contributed by atoms with van der Waals surface area (Å²) in [6.07, 6.45) is 0. The number of pyridine rings is 1. The molecule has 3 nitrogen and oxygen atoms in total. The molecule has 240 valence electrons. The van der Waals surface area contributed by atoms with Crippen molar-refractivity contribution in [2.45, 2.75) is 90.0 Å². The smallest absolute Gasteiger partial charge is 0.0852 e. The van der Waals surface area contributed by atoms with Gasteiger partial charge in [-0.2, -0.15) is 0 Å². The summed E-state index contributed by atoms with van der Waals surface area (Å²) in [4.78, 5) is 15.4. The van der Waals surface area contributed by atoms with Crippen LogP contribution in [0.4, 0.5) is 11.4 Å². The van der Waals surface area contributed by atoms with Crippen LogP contribution in [0.2, 0.25) is 0 Å². The lowest BCUT2D eigenvalue weighted by Crippen LogP contribution is -2.07. The van der Waals surface area contributed by atoms with Gasteiger partial charge in [0.2, 0.25) is 0 Å². The van der Waals surface area contributed by atoms with Gasteiger partial charge in [-0.3, -0.25) is 9.98 Å². The van der Waals surface area contributed by atoms with E-state index in [1.807, 2.05) is 0 Å². The van der Waals surface area contributed by atoms with E-state index in [4.69, 9.17) is 15.0 Å². The van der Waals surface area contributed by atoms with E-state index in [9.17, 15) is 0 Å². The highest BCUT2D eigenvalue weighted by atomic mass is 14.8. The predicted octanol–water partition coefficient (Wildman–Crippen LogP) is 12.1. The molecule has 47 heavy (non-hydrogen) atoms. The van der Waals surface area contributed by atoms with Crippen LogP contribution in [0.15, 0.2) is 70.6 Å². The van der Waals surface area contributed by atoms with E-state index in [0.717, 1.165) is 62.0 Å². The summed E-state index contributed by atoms with van der Waals surface area (Å²) < 4.78 is 0. The molecule has 0 spiro atoms. The van der Waals surface area contributed by atoms with Gasteiger partial charge in [0, 0.05) is 0 Å². The Hall–Kier alpha value is -4.63. The second-order valence-electron chi connectivity index (χ2n) is 13.8. The van der Waals surface area contributed by atoms with Crippen molar-refractivity contribution >= 4 is 22.8 Å². The number of benzene rings is 4. The molecule has 0 aliphatic carbocycles.